The predicted octanol–water partition coefficient (Wildman–Crippen LogP) is 1.97. The Kier molecular flexibility index (Phi) is 2.43. The van der Waals surface area contributed by atoms with Gasteiger partial charge in [-0.05, 0) is 30.5 Å². The Bertz CT molecular complexity index is 510. The normalized spacial score (nSPS) is 15.5. The maximum Gasteiger partial charge on any atom is 0.232 e. The number of hydrogen-bond acceptors (Lipinski definition) is 2. The molecule has 1 aromatic rings. The number of hydrogen-bond donors (Lipinski definition) is 0. The average Bonchev–Trinajstić information content (AvgIpc) is 2.55. The van der Waals surface area contributed by atoms with E-state index in [4.69, 9.17) is 11.6 Å². The minimum absolute atomic E-state index is 0.499. The van der Waals surface area contributed by atoms with Crippen LogP contribution < -0.4 is 4.31 Å². The van der Waals surface area contributed by atoms with E-state index in [1.807, 2.05) is 19.1 Å². The van der Waals surface area contributed by atoms with Crippen molar-refractivity contribution in [2.24, 2.45) is 0 Å². The predicted molar refractivity (Wildman–Crippen MR) is 62.1 cm³/mol. The Balaban J connectivity index is 2.65. The number of rotatable bonds is 1. The lowest BCUT2D eigenvalue weighted by atomic mass is 10.1. The van der Waals surface area contributed by atoms with Crippen LogP contribution in [0.3, 0.4) is 0 Å². The number of sulfonamides is 1. The minimum Gasteiger partial charge on any atom is -0.270 e. The molecule has 0 N–H and O–H groups in total. The molecule has 0 amide bonds. The number of nitrogens with zero attached hydrogens (tertiary/aromatic N) is 1. The highest BCUT2D eigenvalue weighted by Gasteiger charge is 2.29. The summed E-state index contributed by atoms with van der Waals surface area (Å²) in [5, 5.41) is 0.654. The first-order valence-corrected chi connectivity index (χ1v) is 6.89. The number of aryl methyl sites for hydroxylation is 1. The summed E-state index contributed by atoms with van der Waals surface area (Å²) in [6.07, 6.45) is 1.92. The van der Waals surface area contributed by atoms with Crippen molar-refractivity contribution in [3.63, 3.8) is 0 Å². The van der Waals surface area contributed by atoms with Crippen LogP contribution in [0.2, 0.25) is 5.02 Å². The van der Waals surface area contributed by atoms with Gasteiger partial charge in [0.2, 0.25) is 10.0 Å². The minimum atomic E-state index is -3.18. The highest BCUT2D eigenvalue weighted by Crippen LogP contribution is 2.37. The van der Waals surface area contributed by atoms with Gasteiger partial charge in [-0.3, -0.25) is 4.31 Å². The van der Waals surface area contributed by atoms with E-state index in [0.717, 1.165) is 16.8 Å². The Morgan fingerprint density at radius 1 is 1.40 bits per heavy atom. The fourth-order valence-corrected chi connectivity index (χ4v) is 3.23. The molecule has 0 bridgehead atoms. The second kappa shape index (κ2) is 3.39. The van der Waals surface area contributed by atoms with Crippen LogP contribution in [0, 0.1) is 6.92 Å². The van der Waals surface area contributed by atoms with Crippen molar-refractivity contribution < 1.29 is 8.42 Å². The van der Waals surface area contributed by atoms with Gasteiger partial charge in [0.25, 0.3) is 0 Å². The summed E-state index contributed by atoms with van der Waals surface area (Å²) >= 11 is 6.04. The smallest absolute Gasteiger partial charge is 0.232 e. The van der Waals surface area contributed by atoms with E-state index in [1.54, 1.807) is 0 Å². The van der Waals surface area contributed by atoms with Crippen LogP contribution in [0.25, 0.3) is 0 Å². The van der Waals surface area contributed by atoms with Crippen LogP contribution in [-0.4, -0.2) is 21.2 Å². The van der Waals surface area contributed by atoms with Crippen molar-refractivity contribution in [3.8, 4) is 0 Å². The molecule has 0 atom stereocenters. The van der Waals surface area contributed by atoms with Crippen LogP contribution in [-0.2, 0) is 16.4 Å². The molecule has 0 spiro atoms. The van der Waals surface area contributed by atoms with E-state index in [0.29, 0.717) is 18.0 Å². The van der Waals surface area contributed by atoms with E-state index in [2.05, 4.69) is 0 Å². The molecule has 0 aromatic heterocycles. The molecular weight excluding hydrogens is 234 g/mol. The molecule has 15 heavy (non-hydrogen) atoms. The highest BCUT2D eigenvalue weighted by molar-refractivity contribution is 7.92. The fraction of sp³-hybridized carbons (Fsp3) is 0.400. The van der Waals surface area contributed by atoms with E-state index < -0.39 is 10.0 Å². The van der Waals surface area contributed by atoms with Gasteiger partial charge in [-0.1, -0.05) is 17.7 Å². The number of anilines is 1. The Hall–Kier alpha value is -0.740. The lowest BCUT2D eigenvalue weighted by Crippen LogP contribution is -2.28. The molecule has 0 saturated heterocycles. The molecular formula is C10H12ClNO2S. The molecule has 1 aliphatic heterocycles. The Morgan fingerprint density at radius 2 is 2.07 bits per heavy atom. The van der Waals surface area contributed by atoms with E-state index >= 15 is 0 Å². The van der Waals surface area contributed by atoms with Crippen molar-refractivity contribution in [2.75, 3.05) is 17.1 Å². The van der Waals surface area contributed by atoms with Gasteiger partial charge in [0.1, 0.15) is 0 Å². The molecule has 0 fully saturated rings. The maximum absolute atomic E-state index is 11.5. The average molecular weight is 246 g/mol. The van der Waals surface area contributed by atoms with Gasteiger partial charge in [-0.2, -0.15) is 0 Å². The van der Waals surface area contributed by atoms with Crippen molar-refractivity contribution in [1.29, 1.82) is 0 Å². The summed E-state index contributed by atoms with van der Waals surface area (Å²) in [7, 11) is -3.18. The molecule has 0 saturated carbocycles. The van der Waals surface area contributed by atoms with Gasteiger partial charge >= 0.3 is 0 Å². The van der Waals surface area contributed by atoms with Crippen molar-refractivity contribution in [3.05, 3.63) is 28.3 Å². The standard InChI is InChI=1S/C10H12ClNO2S/c1-7-3-4-9(11)8-5-6-12(10(7)8)15(2,13)14/h3-4H,5-6H2,1-2H3. The van der Waals surface area contributed by atoms with Gasteiger partial charge in [0.05, 0.1) is 11.9 Å². The van der Waals surface area contributed by atoms with E-state index in [9.17, 15) is 8.42 Å². The third-order valence-corrected chi connectivity index (χ3v) is 4.16. The Labute approximate surface area is 94.7 Å². The monoisotopic (exact) mass is 245 g/mol. The van der Waals surface area contributed by atoms with Crippen molar-refractivity contribution in [1.82, 2.24) is 0 Å². The first-order valence-electron chi connectivity index (χ1n) is 4.67. The summed E-state index contributed by atoms with van der Waals surface area (Å²) in [4.78, 5) is 0. The molecule has 82 valence electrons. The van der Waals surface area contributed by atoms with Gasteiger partial charge in [0.15, 0.2) is 0 Å². The van der Waals surface area contributed by atoms with Crippen LogP contribution in [0.1, 0.15) is 11.1 Å². The lowest BCUT2D eigenvalue weighted by molar-refractivity contribution is 0.598. The third kappa shape index (κ3) is 1.72. The first-order chi connectivity index (χ1) is 6.91. The summed E-state index contributed by atoms with van der Waals surface area (Å²) < 4.78 is 24.5. The fourth-order valence-electron chi connectivity index (χ4n) is 1.97. The molecule has 0 radical (unpaired) electrons. The van der Waals surface area contributed by atoms with E-state index in [1.165, 1.54) is 10.6 Å². The van der Waals surface area contributed by atoms with Gasteiger partial charge in [-0.15, -0.1) is 0 Å². The lowest BCUT2D eigenvalue weighted by Gasteiger charge is -2.18. The number of benzene rings is 1. The zero-order valence-electron chi connectivity index (χ0n) is 8.62. The van der Waals surface area contributed by atoms with Crippen LogP contribution in [0.5, 0.6) is 0 Å². The second-order valence-electron chi connectivity index (χ2n) is 3.78. The molecule has 3 nitrogen and oxygen atoms in total. The topological polar surface area (TPSA) is 37.4 Å². The highest BCUT2D eigenvalue weighted by atomic mass is 35.5. The summed E-state index contributed by atoms with van der Waals surface area (Å²) in [6, 6.07) is 3.67. The summed E-state index contributed by atoms with van der Waals surface area (Å²) in [5.74, 6) is 0. The van der Waals surface area contributed by atoms with E-state index in [-0.39, 0.29) is 0 Å². The number of halogens is 1. The molecule has 0 unspecified atom stereocenters. The van der Waals surface area contributed by atoms with Crippen molar-refractivity contribution in [2.45, 2.75) is 13.3 Å². The van der Waals surface area contributed by atoms with Gasteiger partial charge in [0, 0.05) is 11.6 Å². The largest absolute Gasteiger partial charge is 0.270 e. The summed E-state index contributed by atoms with van der Waals surface area (Å²) in [6.45, 7) is 2.40. The molecule has 1 aromatic carbocycles. The molecule has 0 aliphatic carbocycles. The zero-order valence-corrected chi connectivity index (χ0v) is 10.2. The van der Waals surface area contributed by atoms with Crippen LogP contribution in [0.4, 0.5) is 5.69 Å². The number of fused-ring (bicyclic) bond motifs is 1. The zero-order chi connectivity index (χ0) is 11.2. The SMILES string of the molecule is Cc1ccc(Cl)c2c1N(S(C)(=O)=O)CC2. The maximum atomic E-state index is 11.5. The van der Waals surface area contributed by atoms with Crippen LogP contribution in [0.15, 0.2) is 12.1 Å². The van der Waals surface area contributed by atoms with Crippen LogP contribution >= 0.6 is 11.6 Å². The Morgan fingerprint density at radius 3 is 2.67 bits per heavy atom. The molecule has 2 rings (SSSR count). The second-order valence-corrected chi connectivity index (χ2v) is 6.09. The third-order valence-electron chi connectivity index (χ3n) is 2.64. The molecule has 1 aliphatic rings. The summed E-state index contributed by atoms with van der Waals surface area (Å²) in [5.41, 5.74) is 2.67. The molecule has 5 heteroatoms. The van der Waals surface area contributed by atoms with Gasteiger partial charge < -0.3 is 0 Å². The quantitative estimate of drug-likeness (QED) is 0.759. The molecule has 1 heterocycles. The van der Waals surface area contributed by atoms with Gasteiger partial charge in [-0.25, -0.2) is 8.42 Å². The first kappa shape index (κ1) is 10.8. The van der Waals surface area contributed by atoms with Crippen molar-refractivity contribution >= 4 is 27.3 Å².